The summed E-state index contributed by atoms with van der Waals surface area (Å²) in [6.07, 6.45) is 3.72. The molecule has 0 aliphatic rings. The number of nitrogens with one attached hydrogen (secondary N) is 1. The monoisotopic (exact) mass is 199 g/mol. The van der Waals surface area contributed by atoms with Gasteiger partial charge in [0, 0.05) is 6.20 Å². The van der Waals surface area contributed by atoms with Crippen molar-refractivity contribution in [1.29, 1.82) is 0 Å². The van der Waals surface area contributed by atoms with Crippen molar-refractivity contribution in [1.82, 2.24) is 4.98 Å². The summed E-state index contributed by atoms with van der Waals surface area (Å²) in [5, 5.41) is 0. The molecule has 0 radical (unpaired) electrons. The van der Waals surface area contributed by atoms with Crippen LogP contribution in [0.25, 0.3) is 11.1 Å². The van der Waals surface area contributed by atoms with E-state index in [4.69, 9.17) is 0 Å². The van der Waals surface area contributed by atoms with Gasteiger partial charge in [0.2, 0.25) is 0 Å². The van der Waals surface area contributed by atoms with Gasteiger partial charge in [-0.1, -0.05) is 31.2 Å². The van der Waals surface area contributed by atoms with Gasteiger partial charge in [0.15, 0.2) is 6.29 Å². The van der Waals surface area contributed by atoms with Gasteiger partial charge in [-0.3, -0.25) is 4.79 Å². The first-order valence-electron chi connectivity index (χ1n) is 5.06. The molecule has 0 fully saturated rings. The van der Waals surface area contributed by atoms with E-state index in [0.717, 1.165) is 23.8 Å². The zero-order chi connectivity index (χ0) is 10.7. The molecule has 0 saturated heterocycles. The van der Waals surface area contributed by atoms with E-state index >= 15 is 0 Å². The number of aromatic nitrogens is 1. The summed E-state index contributed by atoms with van der Waals surface area (Å²) in [5.41, 5.74) is 4.13. The number of hydrogen-bond donors (Lipinski definition) is 1. The van der Waals surface area contributed by atoms with E-state index in [0.29, 0.717) is 5.69 Å². The van der Waals surface area contributed by atoms with Crippen molar-refractivity contribution >= 4 is 6.29 Å². The van der Waals surface area contributed by atoms with E-state index in [9.17, 15) is 4.79 Å². The number of aromatic amines is 1. The highest BCUT2D eigenvalue weighted by Crippen LogP contribution is 2.20. The quantitative estimate of drug-likeness (QED) is 0.757. The molecule has 0 aliphatic heterocycles. The number of H-pyrrole nitrogens is 1. The van der Waals surface area contributed by atoms with Crippen molar-refractivity contribution in [2.45, 2.75) is 13.3 Å². The Labute approximate surface area is 89.0 Å². The molecule has 2 nitrogen and oxygen atoms in total. The van der Waals surface area contributed by atoms with Crippen molar-refractivity contribution in [2.24, 2.45) is 0 Å². The van der Waals surface area contributed by atoms with Crippen LogP contribution in [0.4, 0.5) is 0 Å². The van der Waals surface area contributed by atoms with E-state index in [1.165, 1.54) is 5.56 Å². The smallest absolute Gasteiger partial charge is 0.166 e. The fraction of sp³-hybridized carbons (Fsp3) is 0.154. The average Bonchev–Trinajstić information content (AvgIpc) is 2.78. The largest absolute Gasteiger partial charge is 0.358 e. The second kappa shape index (κ2) is 4.13. The van der Waals surface area contributed by atoms with E-state index in [-0.39, 0.29) is 0 Å². The normalized spacial score (nSPS) is 10.2. The van der Waals surface area contributed by atoms with Crippen LogP contribution in [0.5, 0.6) is 0 Å². The Hall–Kier alpha value is -1.83. The number of benzene rings is 1. The fourth-order valence-corrected chi connectivity index (χ4v) is 1.58. The van der Waals surface area contributed by atoms with Gasteiger partial charge in [0.05, 0.1) is 5.69 Å². The van der Waals surface area contributed by atoms with Crippen LogP contribution in [0.1, 0.15) is 23.0 Å². The first-order chi connectivity index (χ1) is 7.33. The van der Waals surface area contributed by atoms with Gasteiger partial charge >= 0.3 is 0 Å². The van der Waals surface area contributed by atoms with Gasteiger partial charge in [0.25, 0.3) is 0 Å². The molecule has 0 aliphatic carbocycles. The number of aldehydes is 1. The van der Waals surface area contributed by atoms with Crippen LogP contribution in [-0.2, 0) is 6.42 Å². The van der Waals surface area contributed by atoms with Gasteiger partial charge in [-0.25, -0.2) is 0 Å². The first kappa shape index (κ1) is 9.71. The molecule has 1 aromatic carbocycles. The summed E-state index contributed by atoms with van der Waals surface area (Å²) in [6, 6.07) is 10.2. The number of aryl methyl sites for hydroxylation is 1. The zero-order valence-corrected chi connectivity index (χ0v) is 8.66. The molecule has 0 spiro atoms. The van der Waals surface area contributed by atoms with E-state index in [1.54, 1.807) is 0 Å². The highest BCUT2D eigenvalue weighted by molar-refractivity contribution is 5.77. The summed E-state index contributed by atoms with van der Waals surface area (Å²) in [4.78, 5) is 13.4. The van der Waals surface area contributed by atoms with Crippen LogP contribution in [0.3, 0.4) is 0 Å². The Morgan fingerprint density at radius 2 is 1.93 bits per heavy atom. The Bertz CT molecular complexity index is 454. The molecule has 2 aromatic rings. The van der Waals surface area contributed by atoms with Gasteiger partial charge in [-0.2, -0.15) is 0 Å². The van der Waals surface area contributed by atoms with Crippen LogP contribution in [-0.4, -0.2) is 11.3 Å². The van der Waals surface area contributed by atoms with Crippen molar-refractivity contribution in [2.75, 3.05) is 0 Å². The van der Waals surface area contributed by atoms with Crippen LogP contribution < -0.4 is 0 Å². The summed E-state index contributed by atoms with van der Waals surface area (Å²) in [7, 11) is 0. The molecule has 0 amide bonds. The highest BCUT2D eigenvalue weighted by atomic mass is 16.1. The number of carbonyl (C=O) groups excluding carboxylic acids is 1. The molecule has 0 bridgehead atoms. The maximum Gasteiger partial charge on any atom is 0.166 e. The minimum atomic E-state index is 0.615. The van der Waals surface area contributed by atoms with E-state index in [1.807, 2.05) is 12.3 Å². The Balaban J connectivity index is 2.32. The predicted octanol–water partition coefficient (Wildman–Crippen LogP) is 3.06. The Morgan fingerprint density at radius 1 is 1.20 bits per heavy atom. The highest BCUT2D eigenvalue weighted by Gasteiger charge is 2.00. The lowest BCUT2D eigenvalue weighted by molar-refractivity contribution is 0.111. The topological polar surface area (TPSA) is 32.9 Å². The Morgan fingerprint density at radius 3 is 2.47 bits per heavy atom. The van der Waals surface area contributed by atoms with Crippen molar-refractivity contribution < 1.29 is 4.79 Å². The number of carbonyl (C=O) groups is 1. The molecule has 1 heterocycles. The first-order valence-corrected chi connectivity index (χ1v) is 5.06. The van der Waals surface area contributed by atoms with Gasteiger partial charge in [-0.05, 0) is 29.2 Å². The molecule has 1 aromatic heterocycles. The molecule has 0 atom stereocenters. The Kier molecular flexibility index (Phi) is 2.68. The molecular weight excluding hydrogens is 186 g/mol. The molecule has 2 heteroatoms. The second-order valence-corrected chi connectivity index (χ2v) is 3.51. The second-order valence-electron chi connectivity index (χ2n) is 3.51. The third-order valence-corrected chi connectivity index (χ3v) is 2.53. The molecule has 76 valence electrons. The van der Waals surface area contributed by atoms with E-state index < -0.39 is 0 Å². The standard InChI is InChI=1S/C13H13NO/c1-2-10-3-5-11(6-4-10)12-7-13(9-15)14-8-12/h3-9,14H,2H2,1H3. The maximum atomic E-state index is 10.5. The predicted molar refractivity (Wildman–Crippen MR) is 61.0 cm³/mol. The third-order valence-electron chi connectivity index (χ3n) is 2.53. The summed E-state index contributed by atoms with van der Waals surface area (Å²) in [6.45, 7) is 2.13. The van der Waals surface area contributed by atoms with Crippen molar-refractivity contribution in [3.8, 4) is 11.1 Å². The average molecular weight is 199 g/mol. The zero-order valence-electron chi connectivity index (χ0n) is 8.66. The molecule has 1 N–H and O–H groups in total. The number of hydrogen-bond acceptors (Lipinski definition) is 1. The van der Waals surface area contributed by atoms with Crippen LogP contribution in [0, 0.1) is 0 Å². The fourth-order valence-electron chi connectivity index (χ4n) is 1.58. The molecule has 0 saturated carbocycles. The lowest BCUT2D eigenvalue weighted by Crippen LogP contribution is -1.79. The van der Waals surface area contributed by atoms with Gasteiger partial charge in [-0.15, -0.1) is 0 Å². The van der Waals surface area contributed by atoms with Crippen LogP contribution in [0.2, 0.25) is 0 Å². The lowest BCUT2D eigenvalue weighted by atomic mass is 10.1. The van der Waals surface area contributed by atoms with Crippen LogP contribution >= 0.6 is 0 Å². The molecule has 2 rings (SSSR count). The minimum absolute atomic E-state index is 0.615. The lowest BCUT2D eigenvalue weighted by Gasteiger charge is -1.99. The third kappa shape index (κ3) is 1.99. The summed E-state index contributed by atoms with van der Waals surface area (Å²) < 4.78 is 0. The number of rotatable bonds is 3. The molecular formula is C13H13NO. The minimum Gasteiger partial charge on any atom is -0.358 e. The van der Waals surface area contributed by atoms with Crippen molar-refractivity contribution in [3.05, 3.63) is 47.8 Å². The van der Waals surface area contributed by atoms with Crippen molar-refractivity contribution in [3.63, 3.8) is 0 Å². The SMILES string of the molecule is CCc1ccc(-c2c[nH]c(C=O)c2)cc1. The van der Waals surface area contributed by atoms with Gasteiger partial charge in [0.1, 0.15) is 0 Å². The molecule has 0 unspecified atom stereocenters. The maximum absolute atomic E-state index is 10.5. The summed E-state index contributed by atoms with van der Waals surface area (Å²) >= 11 is 0. The van der Waals surface area contributed by atoms with Gasteiger partial charge < -0.3 is 4.98 Å². The summed E-state index contributed by atoms with van der Waals surface area (Å²) in [5.74, 6) is 0. The van der Waals surface area contributed by atoms with E-state index in [2.05, 4.69) is 36.2 Å². The molecule has 15 heavy (non-hydrogen) atoms. The van der Waals surface area contributed by atoms with Crippen LogP contribution in [0.15, 0.2) is 36.5 Å².